The largest absolute Gasteiger partial charge is 0.456 e. The summed E-state index contributed by atoms with van der Waals surface area (Å²) in [6.45, 7) is 5.74. The van der Waals surface area contributed by atoms with Crippen LogP contribution >= 0.6 is 0 Å². The highest BCUT2D eigenvalue weighted by atomic mass is 16.3. The summed E-state index contributed by atoms with van der Waals surface area (Å²) in [4.78, 5) is 12.5. The molecule has 0 fully saturated rings. The minimum atomic E-state index is 0.0332. The van der Waals surface area contributed by atoms with Gasteiger partial charge in [-0.25, -0.2) is 0 Å². The maximum Gasteiger partial charge on any atom is 0.200 e. The van der Waals surface area contributed by atoms with Crippen LogP contribution in [0, 0.1) is 6.92 Å². The van der Waals surface area contributed by atoms with Gasteiger partial charge in [0.1, 0.15) is 11.2 Å². The molecule has 3 rings (SSSR count). The molecule has 1 heterocycles. The van der Waals surface area contributed by atoms with Crippen LogP contribution in [-0.2, 0) is 6.42 Å². The summed E-state index contributed by atoms with van der Waals surface area (Å²) >= 11 is 0. The standard InChI is InChI=1S/C17H14O2/c1-3-6-12-9-11(2)10-14-16(18)13-7-4-5-8-15(13)19-17(12)14/h3-5,7-10H,1,6H2,2H3. The van der Waals surface area contributed by atoms with Gasteiger partial charge in [0.25, 0.3) is 0 Å². The molecule has 0 bridgehead atoms. The zero-order valence-electron chi connectivity index (χ0n) is 10.8. The molecule has 0 radical (unpaired) electrons. The number of hydrogen-bond donors (Lipinski definition) is 0. The van der Waals surface area contributed by atoms with Crippen molar-refractivity contribution in [1.82, 2.24) is 0 Å². The van der Waals surface area contributed by atoms with Gasteiger partial charge in [0.2, 0.25) is 5.43 Å². The van der Waals surface area contributed by atoms with Gasteiger partial charge in [-0.1, -0.05) is 24.3 Å². The monoisotopic (exact) mass is 250 g/mol. The second kappa shape index (κ2) is 4.39. The smallest absolute Gasteiger partial charge is 0.200 e. The van der Waals surface area contributed by atoms with E-state index < -0.39 is 0 Å². The van der Waals surface area contributed by atoms with Crippen LogP contribution in [0.4, 0.5) is 0 Å². The van der Waals surface area contributed by atoms with Crippen LogP contribution in [-0.4, -0.2) is 0 Å². The lowest BCUT2D eigenvalue weighted by Gasteiger charge is -2.07. The Kier molecular flexibility index (Phi) is 2.71. The summed E-state index contributed by atoms with van der Waals surface area (Å²) in [6, 6.07) is 11.3. The van der Waals surface area contributed by atoms with E-state index in [9.17, 15) is 4.79 Å². The number of para-hydroxylation sites is 1. The lowest BCUT2D eigenvalue weighted by molar-refractivity contribution is 0.655. The molecule has 0 N–H and O–H groups in total. The van der Waals surface area contributed by atoms with Crippen LogP contribution < -0.4 is 5.43 Å². The predicted octanol–water partition coefficient (Wildman–Crippen LogP) is 3.98. The van der Waals surface area contributed by atoms with Crippen molar-refractivity contribution in [1.29, 1.82) is 0 Å². The zero-order valence-corrected chi connectivity index (χ0v) is 10.8. The van der Waals surface area contributed by atoms with Gasteiger partial charge in [0.15, 0.2) is 0 Å². The fourth-order valence-electron chi connectivity index (χ4n) is 2.44. The molecule has 0 saturated carbocycles. The van der Waals surface area contributed by atoms with Crippen molar-refractivity contribution in [3.05, 3.63) is 70.4 Å². The highest BCUT2D eigenvalue weighted by molar-refractivity contribution is 5.91. The van der Waals surface area contributed by atoms with Crippen molar-refractivity contribution in [2.24, 2.45) is 0 Å². The van der Waals surface area contributed by atoms with Gasteiger partial charge in [-0.05, 0) is 42.7 Å². The summed E-state index contributed by atoms with van der Waals surface area (Å²) in [5.74, 6) is 0. The van der Waals surface area contributed by atoms with Gasteiger partial charge in [0.05, 0.1) is 10.8 Å². The molecular formula is C17H14O2. The molecule has 0 unspecified atom stereocenters. The van der Waals surface area contributed by atoms with Crippen LogP contribution in [0.2, 0.25) is 0 Å². The van der Waals surface area contributed by atoms with Crippen LogP contribution in [0.1, 0.15) is 11.1 Å². The summed E-state index contributed by atoms with van der Waals surface area (Å²) < 4.78 is 5.92. The molecule has 3 aromatic rings. The highest BCUT2D eigenvalue weighted by Gasteiger charge is 2.10. The highest BCUT2D eigenvalue weighted by Crippen LogP contribution is 2.23. The predicted molar refractivity (Wildman–Crippen MR) is 78.6 cm³/mol. The molecule has 2 aromatic carbocycles. The van der Waals surface area contributed by atoms with Crippen LogP contribution in [0.3, 0.4) is 0 Å². The van der Waals surface area contributed by atoms with E-state index in [4.69, 9.17) is 4.42 Å². The van der Waals surface area contributed by atoms with Crippen molar-refractivity contribution < 1.29 is 4.42 Å². The summed E-state index contributed by atoms with van der Waals surface area (Å²) in [6.07, 6.45) is 2.52. The first-order valence-electron chi connectivity index (χ1n) is 6.26. The van der Waals surface area contributed by atoms with Crippen molar-refractivity contribution in [3.63, 3.8) is 0 Å². The molecule has 2 nitrogen and oxygen atoms in total. The maximum atomic E-state index is 12.5. The van der Waals surface area contributed by atoms with Crippen molar-refractivity contribution >= 4 is 21.9 Å². The third-order valence-corrected chi connectivity index (χ3v) is 3.26. The molecule has 0 aliphatic carbocycles. The Labute approximate surface area is 111 Å². The summed E-state index contributed by atoms with van der Waals surface area (Å²) in [5.41, 5.74) is 3.41. The van der Waals surface area contributed by atoms with E-state index >= 15 is 0 Å². The second-order valence-electron chi connectivity index (χ2n) is 4.72. The van der Waals surface area contributed by atoms with E-state index in [0.29, 0.717) is 28.4 Å². The number of aryl methyl sites for hydroxylation is 1. The van der Waals surface area contributed by atoms with E-state index in [0.717, 1.165) is 11.1 Å². The third kappa shape index (κ3) is 1.85. The minimum absolute atomic E-state index is 0.0332. The second-order valence-corrected chi connectivity index (χ2v) is 4.72. The van der Waals surface area contributed by atoms with Gasteiger partial charge < -0.3 is 4.42 Å². The van der Waals surface area contributed by atoms with E-state index in [1.807, 2.05) is 43.3 Å². The van der Waals surface area contributed by atoms with Crippen LogP contribution in [0.5, 0.6) is 0 Å². The van der Waals surface area contributed by atoms with Gasteiger partial charge in [-0.3, -0.25) is 4.79 Å². The number of hydrogen-bond acceptors (Lipinski definition) is 2. The molecule has 19 heavy (non-hydrogen) atoms. The van der Waals surface area contributed by atoms with Gasteiger partial charge >= 0.3 is 0 Å². The molecule has 1 aromatic heterocycles. The number of benzene rings is 2. The number of allylic oxidation sites excluding steroid dienone is 1. The molecule has 0 spiro atoms. The van der Waals surface area contributed by atoms with Crippen LogP contribution in [0.25, 0.3) is 21.9 Å². The first-order valence-corrected chi connectivity index (χ1v) is 6.26. The maximum absolute atomic E-state index is 12.5. The van der Waals surface area contributed by atoms with Gasteiger partial charge in [-0.2, -0.15) is 0 Å². The Morgan fingerprint density at radius 3 is 2.79 bits per heavy atom. The van der Waals surface area contributed by atoms with Crippen molar-refractivity contribution in [3.8, 4) is 0 Å². The third-order valence-electron chi connectivity index (χ3n) is 3.26. The Bertz CT molecular complexity index is 841. The van der Waals surface area contributed by atoms with Gasteiger partial charge in [0, 0.05) is 0 Å². The SMILES string of the molecule is C=CCc1cc(C)cc2c(=O)c3ccccc3oc12. The molecular weight excluding hydrogens is 236 g/mol. The topological polar surface area (TPSA) is 30.2 Å². The van der Waals surface area contributed by atoms with E-state index in [1.54, 1.807) is 6.07 Å². The zero-order chi connectivity index (χ0) is 13.4. The normalized spacial score (nSPS) is 11.0. The molecule has 94 valence electrons. The average molecular weight is 250 g/mol. The van der Waals surface area contributed by atoms with E-state index in [1.165, 1.54) is 0 Å². The van der Waals surface area contributed by atoms with E-state index in [-0.39, 0.29) is 5.43 Å². The Hall–Kier alpha value is -2.35. The van der Waals surface area contributed by atoms with Crippen molar-refractivity contribution in [2.45, 2.75) is 13.3 Å². The quantitative estimate of drug-likeness (QED) is 0.508. The van der Waals surface area contributed by atoms with Gasteiger partial charge in [-0.15, -0.1) is 6.58 Å². The Balaban J connectivity index is 2.53. The first kappa shape index (κ1) is 11.7. The summed E-state index contributed by atoms with van der Waals surface area (Å²) in [5, 5.41) is 1.28. The van der Waals surface area contributed by atoms with Crippen LogP contribution in [0.15, 0.2) is 58.3 Å². The lowest BCUT2D eigenvalue weighted by atomic mass is 10.0. The minimum Gasteiger partial charge on any atom is -0.456 e. The Morgan fingerprint density at radius 1 is 1.21 bits per heavy atom. The fourth-order valence-corrected chi connectivity index (χ4v) is 2.44. The van der Waals surface area contributed by atoms with E-state index in [2.05, 4.69) is 6.58 Å². The molecule has 0 atom stereocenters. The molecule has 2 heteroatoms. The first-order chi connectivity index (χ1) is 9.20. The molecule has 0 aliphatic heterocycles. The summed E-state index contributed by atoms with van der Waals surface area (Å²) in [7, 11) is 0. The molecule has 0 aliphatic rings. The lowest BCUT2D eigenvalue weighted by Crippen LogP contribution is -2.03. The van der Waals surface area contributed by atoms with Crippen molar-refractivity contribution in [2.75, 3.05) is 0 Å². The fraction of sp³-hybridized carbons (Fsp3) is 0.118. The molecule has 0 saturated heterocycles. The number of fused-ring (bicyclic) bond motifs is 2. The average Bonchev–Trinajstić information content (AvgIpc) is 2.41. The Morgan fingerprint density at radius 2 is 2.00 bits per heavy atom. The molecule has 0 amide bonds. The number of rotatable bonds is 2.